The third-order valence-electron chi connectivity index (χ3n) is 3.53. The van der Waals surface area contributed by atoms with E-state index in [1.54, 1.807) is 13.3 Å². The van der Waals surface area contributed by atoms with Gasteiger partial charge < -0.3 is 19.4 Å². The van der Waals surface area contributed by atoms with Gasteiger partial charge in [0.25, 0.3) is 0 Å². The Balaban J connectivity index is 1.92. The normalized spacial score (nSPS) is 22.1. The minimum atomic E-state index is -0.142. The van der Waals surface area contributed by atoms with Crippen LogP contribution in [0.3, 0.4) is 0 Å². The molecule has 0 aliphatic carbocycles. The Morgan fingerprint density at radius 2 is 2.50 bits per heavy atom. The van der Waals surface area contributed by atoms with E-state index in [0.29, 0.717) is 19.6 Å². The van der Waals surface area contributed by atoms with Crippen molar-refractivity contribution in [2.75, 3.05) is 20.3 Å². The number of aromatic nitrogens is 2. The maximum absolute atomic E-state index is 11.9. The molecular weight excluding hydrogens is 258 g/mol. The first kappa shape index (κ1) is 15.0. The van der Waals surface area contributed by atoms with E-state index in [1.807, 2.05) is 6.20 Å². The molecule has 0 radical (unpaired) electrons. The van der Waals surface area contributed by atoms with Gasteiger partial charge in [0.1, 0.15) is 11.9 Å². The zero-order valence-electron chi connectivity index (χ0n) is 12.2. The van der Waals surface area contributed by atoms with Crippen molar-refractivity contribution >= 4 is 5.91 Å². The minimum Gasteiger partial charge on any atom is -0.385 e. The number of carbonyl (C=O) groups is 1. The van der Waals surface area contributed by atoms with Crippen LogP contribution in [0.1, 0.15) is 38.1 Å². The van der Waals surface area contributed by atoms with Gasteiger partial charge in [-0.3, -0.25) is 4.79 Å². The number of amides is 1. The smallest absolute Gasteiger partial charge is 0.220 e. The molecule has 0 bridgehead atoms. The highest BCUT2D eigenvalue weighted by Crippen LogP contribution is 2.28. The van der Waals surface area contributed by atoms with E-state index < -0.39 is 0 Å². The number of hydrogen-bond acceptors (Lipinski definition) is 4. The van der Waals surface area contributed by atoms with Crippen molar-refractivity contribution in [3.63, 3.8) is 0 Å². The Bertz CT molecular complexity index is 433. The number of aryl methyl sites for hydroxylation is 1. The van der Waals surface area contributed by atoms with Gasteiger partial charge in [-0.2, -0.15) is 0 Å². The lowest BCUT2D eigenvalue weighted by atomic mass is 10.1. The molecule has 1 N–H and O–H groups in total. The van der Waals surface area contributed by atoms with Gasteiger partial charge in [0.15, 0.2) is 0 Å². The van der Waals surface area contributed by atoms with Crippen LogP contribution in [-0.4, -0.2) is 41.8 Å². The van der Waals surface area contributed by atoms with Gasteiger partial charge in [-0.05, 0) is 19.8 Å². The lowest BCUT2D eigenvalue weighted by Crippen LogP contribution is -2.37. The van der Waals surface area contributed by atoms with Gasteiger partial charge in [-0.1, -0.05) is 0 Å². The first-order chi connectivity index (χ1) is 9.76. The summed E-state index contributed by atoms with van der Waals surface area (Å²) in [6, 6.07) is 0.0118. The summed E-state index contributed by atoms with van der Waals surface area (Å²) in [6.07, 6.45) is 5.63. The summed E-state index contributed by atoms with van der Waals surface area (Å²) in [4.78, 5) is 16.3. The molecule has 1 aliphatic heterocycles. The number of nitrogens with one attached hydrogen (secondary N) is 1. The van der Waals surface area contributed by atoms with Crippen LogP contribution in [0, 0.1) is 0 Å². The lowest BCUT2D eigenvalue weighted by Gasteiger charge is -2.20. The van der Waals surface area contributed by atoms with Gasteiger partial charge >= 0.3 is 0 Å². The molecule has 2 atom stereocenters. The van der Waals surface area contributed by atoms with Crippen molar-refractivity contribution in [3.05, 3.63) is 18.2 Å². The van der Waals surface area contributed by atoms with E-state index >= 15 is 0 Å². The van der Waals surface area contributed by atoms with Gasteiger partial charge in [0.2, 0.25) is 5.91 Å². The van der Waals surface area contributed by atoms with Crippen LogP contribution < -0.4 is 5.32 Å². The molecule has 1 amide bonds. The van der Waals surface area contributed by atoms with Crippen LogP contribution in [0.15, 0.2) is 12.4 Å². The van der Waals surface area contributed by atoms with Gasteiger partial charge in [0.05, 0.1) is 6.04 Å². The van der Waals surface area contributed by atoms with Crippen LogP contribution in [0.4, 0.5) is 0 Å². The minimum absolute atomic E-state index is 0.0118. The van der Waals surface area contributed by atoms with Crippen molar-refractivity contribution in [1.82, 2.24) is 14.9 Å². The molecular formula is C14H23N3O3. The first-order valence-electron chi connectivity index (χ1n) is 7.17. The van der Waals surface area contributed by atoms with Crippen molar-refractivity contribution in [1.29, 1.82) is 0 Å². The molecule has 0 unspecified atom stereocenters. The van der Waals surface area contributed by atoms with Crippen LogP contribution in [0.5, 0.6) is 0 Å². The average molecular weight is 281 g/mol. The molecule has 1 aromatic rings. The molecule has 0 aromatic carbocycles. The fourth-order valence-corrected chi connectivity index (χ4v) is 2.49. The van der Waals surface area contributed by atoms with Crippen LogP contribution >= 0.6 is 0 Å². The Morgan fingerprint density at radius 1 is 1.65 bits per heavy atom. The second-order valence-electron chi connectivity index (χ2n) is 4.92. The monoisotopic (exact) mass is 281 g/mol. The van der Waals surface area contributed by atoms with Crippen molar-refractivity contribution in [3.8, 4) is 0 Å². The molecule has 2 heterocycles. The highest BCUT2D eigenvalue weighted by atomic mass is 16.5. The van der Waals surface area contributed by atoms with Crippen molar-refractivity contribution < 1.29 is 14.3 Å². The molecule has 6 heteroatoms. The molecule has 6 nitrogen and oxygen atoms in total. The van der Waals surface area contributed by atoms with Crippen LogP contribution in [-0.2, 0) is 20.8 Å². The number of hydrogen-bond donors (Lipinski definition) is 1. The third-order valence-corrected chi connectivity index (χ3v) is 3.53. The molecule has 1 fully saturated rings. The number of imidazole rings is 1. The summed E-state index contributed by atoms with van der Waals surface area (Å²) in [5.74, 6) is 0.948. The number of methoxy groups -OCH3 is 1. The van der Waals surface area contributed by atoms with E-state index in [-0.39, 0.29) is 18.1 Å². The number of ether oxygens (including phenoxy) is 2. The number of rotatable bonds is 7. The molecule has 112 valence electrons. The largest absolute Gasteiger partial charge is 0.385 e. The predicted molar refractivity (Wildman–Crippen MR) is 74.3 cm³/mol. The van der Waals surface area contributed by atoms with E-state index in [9.17, 15) is 4.79 Å². The Kier molecular flexibility index (Phi) is 5.55. The van der Waals surface area contributed by atoms with Crippen LogP contribution in [0.2, 0.25) is 0 Å². The van der Waals surface area contributed by atoms with E-state index in [2.05, 4.69) is 21.8 Å². The predicted octanol–water partition coefficient (Wildman–Crippen LogP) is 1.28. The second-order valence-corrected chi connectivity index (χ2v) is 4.92. The van der Waals surface area contributed by atoms with Gasteiger partial charge in [-0.15, -0.1) is 0 Å². The van der Waals surface area contributed by atoms with Gasteiger partial charge in [-0.25, -0.2) is 4.98 Å². The summed E-state index contributed by atoms with van der Waals surface area (Å²) in [5, 5.41) is 3.05. The highest BCUT2D eigenvalue weighted by Gasteiger charge is 2.33. The first-order valence-corrected chi connectivity index (χ1v) is 7.17. The summed E-state index contributed by atoms with van der Waals surface area (Å²) in [7, 11) is 1.64. The standard InChI is InChI=1S/C14H23N3O3/c1-3-17-8-7-15-14(17)13-11(6-10-20-13)16-12(18)5-4-9-19-2/h7-8,11,13H,3-6,9-10H2,1-2H3,(H,16,18)/t11-,13-/m0/s1. The summed E-state index contributed by atoms with van der Waals surface area (Å²) < 4.78 is 12.8. The molecule has 1 aliphatic rings. The Labute approximate surface area is 119 Å². The van der Waals surface area contributed by atoms with Crippen molar-refractivity contribution in [2.24, 2.45) is 0 Å². The zero-order valence-corrected chi connectivity index (χ0v) is 12.2. The number of nitrogens with zero attached hydrogens (tertiary/aromatic N) is 2. The fourth-order valence-electron chi connectivity index (χ4n) is 2.49. The number of carbonyl (C=O) groups excluding carboxylic acids is 1. The Hall–Kier alpha value is -1.40. The molecule has 1 aromatic heterocycles. The zero-order chi connectivity index (χ0) is 14.4. The van der Waals surface area contributed by atoms with Crippen LogP contribution in [0.25, 0.3) is 0 Å². The average Bonchev–Trinajstić information content (AvgIpc) is 3.06. The molecule has 0 saturated carbocycles. The topological polar surface area (TPSA) is 65.4 Å². The molecule has 20 heavy (non-hydrogen) atoms. The van der Waals surface area contributed by atoms with E-state index in [4.69, 9.17) is 9.47 Å². The molecule has 2 rings (SSSR count). The lowest BCUT2D eigenvalue weighted by molar-refractivity contribution is -0.122. The van der Waals surface area contributed by atoms with E-state index in [0.717, 1.165) is 25.2 Å². The highest BCUT2D eigenvalue weighted by molar-refractivity contribution is 5.76. The van der Waals surface area contributed by atoms with Gasteiger partial charge in [0, 0.05) is 45.7 Å². The third kappa shape index (κ3) is 3.58. The second kappa shape index (κ2) is 7.40. The fraction of sp³-hybridized carbons (Fsp3) is 0.714. The SMILES string of the molecule is CCn1ccnc1[C@H]1OCC[C@@H]1NC(=O)CCCOC. The van der Waals surface area contributed by atoms with E-state index in [1.165, 1.54) is 0 Å². The quantitative estimate of drug-likeness (QED) is 0.765. The maximum Gasteiger partial charge on any atom is 0.220 e. The molecule has 1 saturated heterocycles. The summed E-state index contributed by atoms with van der Waals surface area (Å²) in [5.41, 5.74) is 0. The summed E-state index contributed by atoms with van der Waals surface area (Å²) >= 11 is 0. The van der Waals surface area contributed by atoms with Crippen molar-refractivity contribution in [2.45, 2.75) is 44.9 Å². The summed E-state index contributed by atoms with van der Waals surface area (Å²) in [6.45, 7) is 4.19. The molecule has 0 spiro atoms. The Morgan fingerprint density at radius 3 is 3.25 bits per heavy atom. The maximum atomic E-state index is 11.9.